The van der Waals surface area contributed by atoms with Crippen molar-refractivity contribution in [3.63, 3.8) is 0 Å². The molecule has 0 radical (unpaired) electrons. The summed E-state index contributed by atoms with van der Waals surface area (Å²) in [6.45, 7) is 0. The highest BCUT2D eigenvalue weighted by atomic mass is 79.9. The lowest BCUT2D eigenvalue weighted by Gasteiger charge is -2.06. The number of ether oxygens (including phenoxy) is 1. The molecule has 2 aromatic rings. The van der Waals surface area contributed by atoms with Gasteiger partial charge in [0.2, 0.25) is 0 Å². The number of anilines is 1. The van der Waals surface area contributed by atoms with Crippen LogP contribution >= 0.6 is 15.9 Å². The summed E-state index contributed by atoms with van der Waals surface area (Å²) in [4.78, 5) is 3.81. The Morgan fingerprint density at radius 2 is 2.06 bits per heavy atom. The first-order chi connectivity index (χ1) is 7.65. The van der Waals surface area contributed by atoms with Crippen molar-refractivity contribution in [2.24, 2.45) is 0 Å². The molecule has 16 heavy (non-hydrogen) atoms. The zero-order valence-electron chi connectivity index (χ0n) is 8.15. The molecule has 0 saturated carbocycles. The fraction of sp³-hybridized carbons (Fsp3) is 0. The molecule has 0 aliphatic carbocycles. The average molecular weight is 283 g/mol. The maximum Gasteiger partial charge on any atom is 0.166 e. The lowest BCUT2D eigenvalue weighted by Crippen LogP contribution is -1.92. The fourth-order valence-corrected chi connectivity index (χ4v) is 1.51. The third-order valence-corrected chi connectivity index (χ3v) is 2.37. The second-order valence-corrected chi connectivity index (χ2v) is 4.01. The van der Waals surface area contributed by atoms with Crippen LogP contribution in [-0.2, 0) is 0 Å². The minimum absolute atomic E-state index is 0.147. The molecule has 1 aromatic carbocycles. The molecular formula is C11H8BrFN2O. The molecule has 82 valence electrons. The van der Waals surface area contributed by atoms with Gasteiger partial charge in [-0.15, -0.1) is 0 Å². The van der Waals surface area contributed by atoms with E-state index in [9.17, 15) is 4.39 Å². The predicted octanol–water partition coefficient (Wildman–Crippen LogP) is 3.36. The van der Waals surface area contributed by atoms with Gasteiger partial charge in [-0.1, -0.05) is 15.9 Å². The van der Waals surface area contributed by atoms with Crippen LogP contribution in [0.15, 0.2) is 41.0 Å². The Morgan fingerprint density at radius 3 is 2.75 bits per heavy atom. The maximum absolute atomic E-state index is 13.4. The van der Waals surface area contributed by atoms with Gasteiger partial charge in [-0.05, 0) is 24.3 Å². The van der Waals surface area contributed by atoms with E-state index >= 15 is 0 Å². The summed E-state index contributed by atoms with van der Waals surface area (Å²) in [5.74, 6) is 0.488. The summed E-state index contributed by atoms with van der Waals surface area (Å²) in [7, 11) is 0. The summed E-state index contributed by atoms with van der Waals surface area (Å²) in [5, 5.41) is 0. The zero-order chi connectivity index (χ0) is 11.5. The number of benzene rings is 1. The highest BCUT2D eigenvalue weighted by Crippen LogP contribution is 2.26. The minimum Gasteiger partial charge on any atom is -0.454 e. The monoisotopic (exact) mass is 282 g/mol. The van der Waals surface area contributed by atoms with Crippen LogP contribution in [0, 0.1) is 5.82 Å². The van der Waals surface area contributed by atoms with Crippen molar-refractivity contribution in [1.82, 2.24) is 4.98 Å². The van der Waals surface area contributed by atoms with Crippen molar-refractivity contribution in [2.45, 2.75) is 0 Å². The van der Waals surface area contributed by atoms with Crippen LogP contribution in [0.5, 0.6) is 11.5 Å². The number of hydrogen-bond donors (Lipinski definition) is 1. The second-order valence-electron chi connectivity index (χ2n) is 3.09. The van der Waals surface area contributed by atoms with Crippen LogP contribution in [0.4, 0.5) is 10.2 Å². The zero-order valence-corrected chi connectivity index (χ0v) is 9.74. The molecule has 0 spiro atoms. The number of nitrogen functional groups attached to an aromatic ring is 1. The van der Waals surface area contributed by atoms with E-state index in [0.29, 0.717) is 16.0 Å². The van der Waals surface area contributed by atoms with Crippen LogP contribution in [0.25, 0.3) is 0 Å². The second kappa shape index (κ2) is 4.49. The predicted molar refractivity (Wildman–Crippen MR) is 62.8 cm³/mol. The van der Waals surface area contributed by atoms with Gasteiger partial charge >= 0.3 is 0 Å². The normalized spacial score (nSPS) is 10.1. The summed E-state index contributed by atoms with van der Waals surface area (Å²) in [6.07, 6.45) is 1.50. The molecule has 0 atom stereocenters. The van der Waals surface area contributed by atoms with Gasteiger partial charge in [0.25, 0.3) is 0 Å². The minimum atomic E-state index is -0.440. The summed E-state index contributed by atoms with van der Waals surface area (Å²) in [5.41, 5.74) is 5.48. The summed E-state index contributed by atoms with van der Waals surface area (Å²) in [6, 6.07) is 7.71. The van der Waals surface area contributed by atoms with Crippen molar-refractivity contribution in [2.75, 3.05) is 5.73 Å². The molecule has 0 bridgehead atoms. The molecule has 0 unspecified atom stereocenters. The lowest BCUT2D eigenvalue weighted by atomic mass is 10.3. The first-order valence-electron chi connectivity index (χ1n) is 4.49. The Labute approximate surface area is 100 Å². The molecule has 1 heterocycles. The van der Waals surface area contributed by atoms with Crippen LogP contribution in [0.3, 0.4) is 0 Å². The van der Waals surface area contributed by atoms with Gasteiger partial charge in [-0.3, -0.25) is 0 Å². The molecule has 2 rings (SSSR count). The highest BCUT2D eigenvalue weighted by molar-refractivity contribution is 9.10. The number of pyridine rings is 1. The average Bonchev–Trinajstić information content (AvgIpc) is 2.22. The van der Waals surface area contributed by atoms with Gasteiger partial charge in [0, 0.05) is 16.7 Å². The van der Waals surface area contributed by atoms with Crippen molar-refractivity contribution >= 4 is 21.7 Å². The summed E-state index contributed by atoms with van der Waals surface area (Å²) < 4.78 is 19.4. The SMILES string of the molecule is Nc1cc(Oc2ccc(Br)cc2F)ccn1. The first-order valence-corrected chi connectivity index (χ1v) is 5.29. The van der Waals surface area contributed by atoms with E-state index in [0.717, 1.165) is 0 Å². The number of hydrogen-bond acceptors (Lipinski definition) is 3. The van der Waals surface area contributed by atoms with E-state index in [2.05, 4.69) is 20.9 Å². The molecule has 0 amide bonds. The van der Waals surface area contributed by atoms with E-state index in [4.69, 9.17) is 10.5 Å². The van der Waals surface area contributed by atoms with Crippen LogP contribution in [0.2, 0.25) is 0 Å². The Morgan fingerprint density at radius 1 is 1.25 bits per heavy atom. The molecule has 0 fully saturated rings. The number of halogens is 2. The van der Waals surface area contributed by atoms with Gasteiger partial charge in [0.05, 0.1) is 0 Å². The van der Waals surface area contributed by atoms with E-state index < -0.39 is 5.82 Å². The van der Waals surface area contributed by atoms with Gasteiger partial charge in [0.15, 0.2) is 11.6 Å². The van der Waals surface area contributed by atoms with E-state index in [1.807, 2.05) is 0 Å². The number of nitrogens with two attached hydrogens (primary N) is 1. The molecule has 5 heteroatoms. The van der Waals surface area contributed by atoms with E-state index in [1.54, 1.807) is 12.1 Å². The van der Waals surface area contributed by atoms with E-state index in [-0.39, 0.29) is 5.75 Å². The smallest absolute Gasteiger partial charge is 0.166 e. The molecule has 0 aliphatic heterocycles. The maximum atomic E-state index is 13.4. The first kappa shape index (κ1) is 10.9. The standard InChI is InChI=1S/C11H8BrFN2O/c12-7-1-2-10(9(13)5-7)16-8-3-4-15-11(14)6-8/h1-6H,(H2,14,15). The van der Waals surface area contributed by atoms with Crippen LogP contribution < -0.4 is 10.5 Å². The van der Waals surface area contributed by atoms with Crippen LogP contribution in [0.1, 0.15) is 0 Å². The van der Waals surface area contributed by atoms with Crippen molar-refractivity contribution in [3.05, 3.63) is 46.8 Å². The number of rotatable bonds is 2. The number of nitrogens with zero attached hydrogens (tertiary/aromatic N) is 1. The highest BCUT2D eigenvalue weighted by Gasteiger charge is 2.05. The molecule has 2 N–H and O–H groups in total. The van der Waals surface area contributed by atoms with Crippen molar-refractivity contribution in [1.29, 1.82) is 0 Å². The Bertz CT molecular complexity index is 519. The molecule has 3 nitrogen and oxygen atoms in total. The Hall–Kier alpha value is -1.62. The lowest BCUT2D eigenvalue weighted by molar-refractivity contribution is 0.442. The Balaban J connectivity index is 2.27. The largest absolute Gasteiger partial charge is 0.454 e. The Kier molecular flexibility index (Phi) is 3.05. The van der Waals surface area contributed by atoms with Crippen molar-refractivity contribution < 1.29 is 9.13 Å². The van der Waals surface area contributed by atoms with Gasteiger partial charge < -0.3 is 10.5 Å². The van der Waals surface area contributed by atoms with Gasteiger partial charge in [0.1, 0.15) is 11.6 Å². The topological polar surface area (TPSA) is 48.1 Å². The third kappa shape index (κ3) is 2.49. The molecule has 0 saturated heterocycles. The number of aromatic nitrogens is 1. The van der Waals surface area contributed by atoms with Gasteiger partial charge in [-0.25, -0.2) is 9.37 Å². The quantitative estimate of drug-likeness (QED) is 0.919. The van der Waals surface area contributed by atoms with Gasteiger partial charge in [-0.2, -0.15) is 0 Å². The fourth-order valence-electron chi connectivity index (χ4n) is 1.18. The molecule has 0 aliphatic rings. The van der Waals surface area contributed by atoms with Crippen molar-refractivity contribution in [3.8, 4) is 11.5 Å². The van der Waals surface area contributed by atoms with Crippen LogP contribution in [-0.4, -0.2) is 4.98 Å². The third-order valence-electron chi connectivity index (χ3n) is 1.87. The molecular weight excluding hydrogens is 275 g/mol. The van der Waals surface area contributed by atoms with E-state index in [1.165, 1.54) is 24.4 Å². The summed E-state index contributed by atoms with van der Waals surface area (Å²) >= 11 is 3.17. The molecule has 1 aromatic heterocycles.